The number of amides is 2. The van der Waals surface area contributed by atoms with Crippen molar-refractivity contribution in [2.24, 2.45) is 0 Å². The third-order valence-electron chi connectivity index (χ3n) is 3.87. The second kappa shape index (κ2) is 10.6. The number of carbonyl (C=O) groups is 2. The van der Waals surface area contributed by atoms with Gasteiger partial charge in [0, 0.05) is 13.0 Å². The molecule has 0 aliphatic rings. The number of alkyl halides is 3. The summed E-state index contributed by atoms with van der Waals surface area (Å²) in [6.45, 7) is 6.02. The molecule has 0 unspecified atom stereocenters. The first-order valence-corrected chi connectivity index (χ1v) is 8.62. The molecule has 26 heavy (non-hydrogen) atoms. The van der Waals surface area contributed by atoms with Crippen LogP contribution < -0.4 is 10.6 Å². The molecule has 1 rings (SSSR count). The molecule has 2 amide bonds. The summed E-state index contributed by atoms with van der Waals surface area (Å²) < 4.78 is 37.8. The molecule has 144 valence electrons. The van der Waals surface area contributed by atoms with Crippen LogP contribution in [0.5, 0.6) is 0 Å². The fourth-order valence-electron chi connectivity index (χ4n) is 2.49. The number of hydrogen-bond acceptors (Lipinski definition) is 2. The molecule has 2 N–H and O–H groups in total. The number of hydrogen-bond donors (Lipinski definition) is 2. The van der Waals surface area contributed by atoms with Crippen molar-refractivity contribution in [1.29, 1.82) is 0 Å². The molecule has 0 aliphatic carbocycles. The molecule has 0 aromatic heterocycles. The quantitative estimate of drug-likeness (QED) is 0.490. The maximum Gasteiger partial charge on any atom is 0.471 e. The number of nitrogens with one attached hydrogen (secondary N) is 2. The Morgan fingerprint density at radius 2 is 1.85 bits per heavy atom. The van der Waals surface area contributed by atoms with Crippen LogP contribution in [0.25, 0.3) is 0 Å². The van der Waals surface area contributed by atoms with Gasteiger partial charge in [0.1, 0.15) is 6.04 Å². The van der Waals surface area contributed by atoms with E-state index in [1.54, 1.807) is 24.3 Å². The third-order valence-corrected chi connectivity index (χ3v) is 3.87. The molecule has 7 heteroatoms. The van der Waals surface area contributed by atoms with E-state index < -0.39 is 24.0 Å². The molecule has 0 bridgehead atoms. The van der Waals surface area contributed by atoms with Gasteiger partial charge in [-0.25, -0.2) is 0 Å². The van der Waals surface area contributed by atoms with Gasteiger partial charge in [-0.3, -0.25) is 9.59 Å². The average molecular weight is 370 g/mol. The third kappa shape index (κ3) is 7.29. The Labute approximate surface area is 151 Å². The number of carbonyl (C=O) groups excluding carboxylic acids is 2. The van der Waals surface area contributed by atoms with E-state index in [9.17, 15) is 22.8 Å². The van der Waals surface area contributed by atoms with Gasteiger partial charge in [0.2, 0.25) is 5.91 Å². The maximum atomic E-state index is 12.6. The molecule has 0 radical (unpaired) electrons. The van der Waals surface area contributed by atoms with Crippen LogP contribution in [0.3, 0.4) is 0 Å². The molecular formula is C19H25F3N2O2. The van der Waals surface area contributed by atoms with Crippen LogP contribution in [0.1, 0.15) is 37.3 Å². The van der Waals surface area contributed by atoms with Crippen LogP contribution >= 0.6 is 0 Å². The van der Waals surface area contributed by atoms with Crippen molar-refractivity contribution in [3.8, 4) is 0 Å². The van der Waals surface area contributed by atoms with Gasteiger partial charge in [-0.05, 0) is 24.0 Å². The largest absolute Gasteiger partial charge is 0.471 e. The Hall–Kier alpha value is -2.31. The predicted molar refractivity (Wildman–Crippen MR) is 94.6 cm³/mol. The number of unbranched alkanes of at least 4 members (excludes halogenated alkanes) is 2. The first-order valence-electron chi connectivity index (χ1n) is 8.62. The number of allylic oxidation sites excluding steroid dienone is 1. The summed E-state index contributed by atoms with van der Waals surface area (Å²) in [4.78, 5) is 23.7. The highest BCUT2D eigenvalue weighted by molar-refractivity contribution is 5.90. The van der Waals surface area contributed by atoms with Crippen LogP contribution in [0, 0.1) is 0 Å². The summed E-state index contributed by atoms with van der Waals surface area (Å²) in [7, 11) is 0. The minimum Gasteiger partial charge on any atom is -0.354 e. The van der Waals surface area contributed by atoms with Gasteiger partial charge in [-0.2, -0.15) is 13.2 Å². The van der Waals surface area contributed by atoms with Crippen molar-refractivity contribution < 1.29 is 22.8 Å². The average Bonchev–Trinajstić information content (AvgIpc) is 2.59. The summed E-state index contributed by atoms with van der Waals surface area (Å²) in [5.41, 5.74) is 1.55. The van der Waals surface area contributed by atoms with Gasteiger partial charge in [0.15, 0.2) is 0 Å². The first-order chi connectivity index (χ1) is 12.3. The van der Waals surface area contributed by atoms with E-state index in [4.69, 9.17) is 0 Å². The first kappa shape index (κ1) is 21.7. The van der Waals surface area contributed by atoms with Crippen molar-refractivity contribution >= 4 is 11.8 Å². The van der Waals surface area contributed by atoms with Gasteiger partial charge >= 0.3 is 12.1 Å². The maximum absolute atomic E-state index is 12.6. The Morgan fingerprint density at radius 1 is 1.19 bits per heavy atom. The van der Waals surface area contributed by atoms with Gasteiger partial charge in [0.25, 0.3) is 0 Å². The van der Waals surface area contributed by atoms with Gasteiger partial charge in [-0.15, -0.1) is 6.58 Å². The number of rotatable bonds is 10. The molecule has 1 aromatic rings. The highest BCUT2D eigenvalue weighted by atomic mass is 19.4. The van der Waals surface area contributed by atoms with Crippen LogP contribution in [0.2, 0.25) is 0 Å². The van der Waals surface area contributed by atoms with E-state index in [1.807, 2.05) is 18.3 Å². The molecule has 0 spiro atoms. The van der Waals surface area contributed by atoms with E-state index in [0.717, 1.165) is 24.8 Å². The van der Waals surface area contributed by atoms with Gasteiger partial charge < -0.3 is 10.6 Å². The molecular weight excluding hydrogens is 345 g/mol. The minimum absolute atomic E-state index is 0.0224. The normalized spacial score (nSPS) is 12.3. The molecule has 1 aromatic carbocycles. The van der Waals surface area contributed by atoms with Crippen LogP contribution in [-0.4, -0.2) is 30.6 Å². The van der Waals surface area contributed by atoms with E-state index in [1.165, 1.54) is 0 Å². The van der Waals surface area contributed by atoms with Crippen molar-refractivity contribution in [2.45, 2.75) is 51.2 Å². The lowest BCUT2D eigenvalue weighted by atomic mass is 9.97. The molecule has 0 saturated carbocycles. The summed E-state index contributed by atoms with van der Waals surface area (Å²) in [6, 6.07) is 5.80. The molecule has 0 saturated heterocycles. The topological polar surface area (TPSA) is 58.2 Å². The smallest absolute Gasteiger partial charge is 0.354 e. The van der Waals surface area contributed by atoms with E-state index in [0.29, 0.717) is 18.5 Å². The summed E-state index contributed by atoms with van der Waals surface area (Å²) in [5, 5.41) is 4.42. The van der Waals surface area contributed by atoms with Crippen LogP contribution in [0.4, 0.5) is 13.2 Å². The monoisotopic (exact) mass is 370 g/mol. The lowest BCUT2D eigenvalue weighted by Gasteiger charge is -2.20. The van der Waals surface area contributed by atoms with Crippen molar-refractivity contribution in [3.63, 3.8) is 0 Å². The zero-order chi connectivity index (χ0) is 19.6. The van der Waals surface area contributed by atoms with Crippen LogP contribution in [0.15, 0.2) is 36.9 Å². The highest BCUT2D eigenvalue weighted by Gasteiger charge is 2.40. The van der Waals surface area contributed by atoms with Gasteiger partial charge in [0.05, 0.1) is 0 Å². The SMILES string of the molecule is C=CCc1ccccc1C[C@@H](NC(=O)C(F)(F)F)C(=O)NCCCCC. The summed E-state index contributed by atoms with van der Waals surface area (Å²) >= 11 is 0. The highest BCUT2D eigenvalue weighted by Crippen LogP contribution is 2.17. The number of halogens is 3. The van der Waals surface area contributed by atoms with Gasteiger partial charge in [-0.1, -0.05) is 50.1 Å². The van der Waals surface area contributed by atoms with E-state index in [-0.39, 0.29) is 6.42 Å². The van der Waals surface area contributed by atoms with Crippen molar-refractivity contribution in [1.82, 2.24) is 10.6 Å². The molecule has 0 aliphatic heterocycles. The fraction of sp³-hybridized carbons (Fsp3) is 0.474. The number of benzene rings is 1. The zero-order valence-electron chi connectivity index (χ0n) is 14.9. The lowest BCUT2D eigenvalue weighted by Crippen LogP contribution is -2.51. The van der Waals surface area contributed by atoms with Crippen LogP contribution in [-0.2, 0) is 22.4 Å². The van der Waals surface area contributed by atoms with Crippen molar-refractivity contribution in [2.75, 3.05) is 6.54 Å². The van der Waals surface area contributed by atoms with E-state index >= 15 is 0 Å². The Morgan fingerprint density at radius 3 is 2.42 bits per heavy atom. The van der Waals surface area contributed by atoms with Crippen molar-refractivity contribution in [3.05, 3.63) is 48.0 Å². The second-order valence-corrected chi connectivity index (χ2v) is 5.99. The second-order valence-electron chi connectivity index (χ2n) is 5.99. The molecule has 0 fully saturated rings. The summed E-state index contributed by atoms with van der Waals surface area (Å²) in [5.74, 6) is -2.74. The Bertz CT molecular complexity index is 615. The molecule has 4 nitrogen and oxygen atoms in total. The summed E-state index contributed by atoms with van der Waals surface area (Å²) in [6.07, 6.45) is -0.274. The minimum atomic E-state index is -5.04. The van der Waals surface area contributed by atoms with E-state index in [2.05, 4.69) is 11.9 Å². The molecule has 0 heterocycles. The predicted octanol–water partition coefficient (Wildman–Crippen LogP) is 3.31. The fourth-order valence-corrected chi connectivity index (χ4v) is 2.49. The standard InChI is InChI=1S/C19H25F3N2O2/c1-3-5-8-12-23-17(25)16(24-18(26)19(20,21)22)13-15-11-7-6-10-14(15)9-4-2/h4,6-7,10-11,16H,2-3,5,8-9,12-13H2,1H3,(H,23,25)(H,24,26)/t16-/m1/s1. The Kier molecular flexibility index (Phi) is 8.88. The lowest BCUT2D eigenvalue weighted by molar-refractivity contribution is -0.174. The molecule has 1 atom stereocenters. The zero-order valence-corrected chi connectivity index (χ0v) is 14.9. The Balaban J connectivity index is 2.91.